The molecule has 7 heteroatoms. The Labute approximate surface area is 139 Å². The van der Waals surface area contributed by atoms with Gasteiger partial charge in [0, 0.05) is 27.1 Å². The van der Waals surface area contributed by atoms with Crippen LogP contribution in [0.4, 0.5) is 11.4 Å². The van der Waals surface area contributed by atoms with Gasteiger partial charge in [0.1, 0.15) is 22.9 Å². The van der Waals surface area contributed by atoms with Crippen LogP contribution >= 0.6 is 11.6 Å². The molecule has 2 aromatic rings. The molecule has 2 aromatic carbocycles. The summed E-state index contributed by atoms with van der Waals surface area (Å²) in [6, 6.07) is 11.1. The maximum absolute atomic E-state index is 10.1. The normalized spacial score (nSPS) is 10.1. The molecule has 0 saturated carbocycles. The Morgan fingerprint density at radius 2 is 1.61 bits per heavy atom. The third-order valence-corrected chi connectivity index (χ3v) is 3.03. The number of phenols is 2. The maximum Gasteiger partial charge on any atom is 0.218 e. The van der Waals surface area contributed by atoms with E-state index in [2.05, 4.69) is 10.2 Å². The number of aromatic hydroxyl groups is 2. The Bertz CT molecular complexity index is 703. The molecule has 1 amide bonds. The van der Waals surface area contributed by atoms with Gasteiger partial charge in [-0.1, -0.05) is 23.7 Å². The molecule has 0 spiro atoms. The second-order valence-electron chi connectivity index (χ2n) is 4.74. The molecule has 6 nitrogen and oxygen atoms in total. The summed E-state index contributed by atoms with van der Waals surface area (Å²) in [6.45, 7) is 1.53. The molecular formula is C16H18ClN3O3. The van der Waals surface area contributed by atoms with Crippen LogP contribution < -0.4 is 0 Å². The fourth-order valence-electron chi connectivity index (χ4n) is 1.24. The molecular weight excluding hydrogens is 318 g/mol. The first kappa shape index (κ1) is 18.4. The van der Waals surface area contributed by atoms with Gasteiger partial charge in [-0.05, 0) is 24.3 Å². The largest absolute Gasteiger partial charge is 0.508 e. The molecule has 0 saturated heterocycles. The number of carbonyl (C=O) groups is 1. The highest BCUT2D eigenvalue weighted by atomic mass is 35.5. The molecule has 0 heterocycles. The summed E-state index contributed by atoms with van der Waals surface area (Å²) in [4.78, 5) is 11.6. The van der Waals surface area contributed by atoms with Gasteiger partial charge >= 0.3 is 0 Å². The molecule has 0 aromatic heterocycles. The lowest BCUT2D eigenvalue weighted by Crippen LogP contribution is -2.17. The van der Waals surface area contributed by atoms with E-state index >= 15 is 0 Å². The number of hydrogen-bond donors (Lipinski definition) is 2. The smallest absolute Gasteiger partial charge is 0.218 e. The first-order chi connectivity index (χ1) is 10.8. The number of azo groups is 1. The van der Waals surface area contributed by atoms with Gasteiger partial charge in [-0.15, -0.1) is 10.2 Å². The fraction of sp³-hybridized carbons (Fsp3) is 0.188. The Hall–Kier alpha value is -2.60. The Balaban J connectivity index is 0.000000379. The van der Waals surface area contributed by atoms with Crippen molar-refractivity contribution >= 4 is 28.9 Å². The van der Waals surface area contributed by atoms with E-state index in [0.29, 0.717) is 10.7 Å². The van der Waals surface area contributed by atoms with Gasteiger partial charge in [0.2, 0.25) is 5.91 Å². The van der Waals surface area contributed by atoms with Gasteiger partial charge in [0.05, 0.1) is 5.02 Å². The van der Waals surface area contributed by atoms with Crippen LogP contribution in [-0.4, -0.2) is 35.1 Å². The van der Waals surface area contributed by atoms with Gasteiger partial charge in [-0.3, -0.25) is 4.79 Å². The van der Waals surface area contributed by atoms with Gasteiger partial charge < -0.3 is 15.1 Å². The van der Waals surface area contributed by atoms with Crippen molar-refractivity contribution in [3.8, 4) is 11.5 Å². The highest BCUT2D eigenvalue weighted by molar-refractivity contribution is 6.32. The summed E-state index contributed by atoms with van der Waals surface area (Å²) >= 11 is 5.90. The van der Waals surface area contributed by atoms with Crippen molar-refractivity contribution in [2.45, 2.75) is 6.92 Å². The van der Waals surface area contributed by atoms with Crippen LogP contribution in [-0.2, 0) is 4.79 Å². The van der Waals surface area contributed by atoms with Gasteiger partial charge in [-0.2, -0.15) is 0 Å². The van der Waals surface area contributed by atoms with Crippen molar-refractivity contribution in [1.82, 2.24) is 4.90 Å². The van der Waals surface area contributed by atoms with Crippen LogP contribution in [0.25, 0.3) is 0 Å². The van der Waals surface area contributed by atoms with Gasteiger partial charge in [-0.25, -0.2) is 0 Å². The summed E-state index contributed by atoms with van der Waals surface area (Å²) in [6.07, 6.45) is 0. The van der Waals surface area contributed by atoms with E-state index in [9.17, 15) is 9.90 Å². The van der Waals surface area contributed by atoms with E-state index in [-0.39, 0.29) is 23.1 Å². The second kappa shape index (κ2) is 8.75. The van der Waals surface area contributed by atoms with Gasteiger partial charge in [0.15, 0.2) is 0 Å². The lowest BCUT2D eigenvalue weighted by molar-refractivity contribution is -0.126. The minimum Gasteiger partial charge on any atom is -0.508 e. The number of halogens is 1. The lowest BCUT2D eigenvalue weighted by Gasteiger charge is -2.02. The molecule has 0 fully saturated rings. The Morgan fingerprint density at radius 3 is 2.13 bits per heavy atom. The summed E-state index contributed by atoms with van der Waals surface area (Å²) < 4.78 is 0. The maximum atomic E-state index is 10.1. The summed E-state index contributed by atoms with van der Waals surface area (Å²) in [5, 5.41) is 26.9. The number of carbonyl (C=O) groups excluding carboxylic acids is 1. The van der Waals surface area contributed by atoms with Gasteiger partial charge in [0.25, 0.3) is 0 Å². The molecule has 2 N–H and O–H groups in total. The standard InChI is InChI=1S/C12H9ClN2O2.C4H9NO/c13-9-3-1-2-4-10(9)14-15-11-6-5-8(16)7-12(11)17;1-4(6)5(2)3/h1-7,16-17H;1-3H3. The van der Waals surface area contributed by atoms with E-state index < -0.39 is 0 Å². The van der Waals surface area contributed by atoms with E-state index in [1.54, 1.807) is 38.4 Å². The number of rotatable bonds is 2. The Kier molecular flexibility index (Phi) is 7.02. The molecule has 23 heavy (non-hydrogen) atoms. The molecule has 0 unspecified atom stereocenters. The van der Waals surface area contributed by atoms with E-state index in [1.807, 2.05) is 0 Å². The number of benzene rings is 2. The van der Waals surface area contributed by atoms with Crippen molar-refractivity contribution in [2.24, 2.45) is 10.2 Å². The number of nitrogens with zero attached hydrogens (tertiary/aromatic N) is 3. The second-order valence-corrected chi connectivity index (χ2v) is 5.15. The lowest BCUT2D eigenvalue weighted by atomic mass is 10.3. The van der Waals surface area contributed by atoms with Crippen molar-refractivity contribution in [2.75, 3.05) is 14.1 Å². The number of phenolic OH excluding ortho intramolecular Hbond substituents is 2. The minimum atomic E-state index is -0.138. The van der Waals surface area contributed by atoms with Crippen molar-refractivity contribution in [1.29, 1.82) is 0 Å². The first-order valence-electron chi connectivity index (χ1n) is 6.67. The van der Waals surface area contributed by atoms with Crippen LogP contribution in [0, 0.1) is 0 Å². The molecule has 0 aliphatic carbocycles. The first-order valence-corrected chi connectivity index (χ1v) is 7.05. The topological polar surface area (TPSA) is 85.5 Å². The van der Waals surface area contributed by atoms with E-state index in [0.717, 1.165) is 0 Å². The van der Waals surface area contributed by atoms with E-state index in [4.69, 9.17) is 16.7 Å². The molecule has 0 radical (unpaired) electrons. The van der Waals surface area contributed by atoms with Crippen LogP contribution in [0.3, 0.4) is 0 Å². The fourth-order valence-corrected chi connectivity index (χ4v) is 1.41. The quantitative estimate of drug-likeness (QED) is 0.804. The van der Waals surface area contributed by atoms with Crippen LogP contribution in [0.5, 0.6) is 11.5 Å². The monoisotopic (exact) mass is 335 g/mol. The molecule has 2 rings (SSSR count). The molecule has 122 valence electrons. The molecule has 0 aliphatic heterocycles. The highest BCUT2D eigenvalue weighted by Gasteiger charge is 2.01. The van der Waals surface area contributed by atoms with Crippen molar-refractivity contribution in [3.05, 3.63) is 47.5 Å². The van der Waals surface area contributed by atoms with Crippen LogP contribution in [0.1, 0.15) is 6.92 Å². The zero-order valence-electron chi connectivity index (χ0n) is 13.1. The van der Waals surface area contributed by atoms with Crippen molar-refractivity contribution < 1.29 is 15.0 Å². The number of amides is 1. The molecule has 0 bridgehead atoms. The van der Waals surface area contributed by atoms with Crippen LogP contribution in [0.2, 0.25) is 5.02 Å². The summed E-state index contributed by atoms with van der Waals surface area (Å²) in [5.41, 5.74) is 0.782. The molecule has 0 atom stereocenters. The van der Waals surface area contributed by atoms with E-state index in [1.165, 1.54) is 30.0 Å². The zero-order chi connectivity index (χ0) is 17.4. The zero-order valence-corrected chi connectivity index (χ0v) is 13.8. The predicted octanol–water partition coefficient (Wildman–Crippen LogP) is 4.26. The number of hydrogen-bond acceptors (Lipinski definition) is 5. The highest BCUT2D eigenvalue weighted by Crippen LogP contribution is 2.32. The Morgan fingerprint density at radius 1 is 1.04 bits per heavy atom. The SMILES string of the molecule is CC(=O)N(C)C.Oc1ccc(N=Nc2ccccc2Cl)c(O)c1. The van der Waals surface area contributed by atoms with Crippen LogP contribution in [0.15, 0.2) is 52.7 Å². The summed E-state index contributed by atoms with van der Waals surface area (Å²) in [7, 11) is 3.45. The third kappa shape index (κ3) is 6.36. The average molecular weight is 336 g/mol. The van der Waals surface area contributed by atoms with Crippen molar-refractivity contribution in [3.63, 3.8) is 0 Å². The third-order valence-electron chi connectivity index (χ3n) is 2.71. The average Bonchev–Trinajstić information content (AvgIpc) is 2.48. The summed E-state index contributed by atoms with van der Waals surface area (Å²) in [5.74, 6) is -0.0741. The molecule has 0 aliphatic rings. The predicted molar refractivity (Wildman–Crippen MR) is 89.8 cm³/mol. The minimum absolute atomic E-state index is 0.0285.